The van der Waals surface area contributed by atoms with E-state index >= 15 is 0 Å². The minimum absolute atomic E-state index is 0.225. The third kappa shape index (κ3) is 1.67. The second-order valence-electron chi connectivity index (χ2n) is 3.77. The van der Waals surface area contributed by atoms with Crippen molar-refractivity contribution in [3.8, 4) is 0 Å². The first-order valence-corrected chi connectivity index (χ1v) is 5.00. The second kappa shape index (κ2) is 3.53. The van der Waals surface area contributed by atoms with Crippen LogP contribution in [-0.4, -0.2) is 12.5 Å². The predicted molar refractivity (Wildman–Crippen MR) is 58.0 cm³/mol. The third-order valence-corrected chi connectivity index (χ3v) is 2.89. The monoisotopic (exact) mass is 207 g/mol. The van der Waals surface area contributed by atoms with Gasteiger partial charge in [-0.1, -0.05) is 19.1 Å². The Labute approximate surface area is 88.2 Å². The van der Waals surface area contributed by atoms with Crippen LogP contribution in [-0.2, 0) is 5.54 Å². The quantitative estimate of drug-likeness (QED) is 0.769. The van der Waals surface area contributed by atoms with E-state index in [0.717, 1.165) is 12.0 Å². The first-order chi connectivity index (χ1) is 7.16. The van der Waals surface area contributed by atoms with Crippen LogP contribution in [0.2, 0.25) is 0 Å². The minimum Gasteiger partial charge on any atom is -0.370 e. The van der Waals surface area contributed by atoms with Crippen molar-refractivity contribution in [1.82, 2.24) is 5.32 Å². The maximum Gasteiger partial charge on any atom is 0.189 e. The highest BCUT2D eigenvalue weighted by Gasteiger charge is 2.34. The zero-order chi connectivity index (χ0) is 10.9. The molecule has 0 spiro atoms. The van der Waals surface area contributed by atoms with Crippen LogP contribution < -0.4 is 11.1 Å². The van der Waals surface area contributed by atoms with Gasteiger partial charge in [-0.25, -0.2) is 4.39 Å². The molecule has 0 saturated carbocycles. The van der Waals surface area contributed by atoms with Crippen LogP contribution in [0.4, 0.5) is 4.39 Å². The number of nitrogens with one attached hydrogen (secondary N) is 1. The van der Waals surface area contributed by atoms with Crippen molar-refractivity contribution >= 4 is 5.96 Å². The maximum absolute atomic E-state index is 12.8. The van der Waals surface area contributed by atoms with Crippen LogP contribution >= 0.6 is 0 Å². The molecule has 3 N–H and O–H groups in total. The summed E-state index contributed by atoms with van der Waals surface area (Å²) in [4.78, 5) is 4.15. The molecule has 80 valence electrons. The molecule has 1 aromatic carbocycles. The van der Waals surface area contributed by atoms with E-state index < -0.39 is 0 Å². The zero-order valence-electron chi connectivity index (χ0n) is 8.63. The van der Waals surface area contributed by atoms with E-state index in [4.69, 9.17) is 5.73 Å². The number of rotatable bonds is 2. The largest absolute Gasteiger partial charge is 0.370 e. The number of aliphatic imine (C=N–C) groups is 1. The summed E-state index contributed by atoms with van der Waals surface area (Å²) in [6.07, 6.45) is 0.864. The molecule has 0 fully saturated rings. The molecule has 1 aliphatic rings. The Hall–Kier alpha value is -1.58. The summed E-state index contributed by atoms with van der Waals surface area (Å²) in [7, 11) is 0. The summed E-state index contributed by atoms with van der Waals surface area (Å²) in [6.45, 7) is 2.67. The Bertz CT molecular complexity index is 385. The van der Waals surface area contributed by atoms with Gasteiger partial charge < -0.3 is 11.1 Å². The lowest BCUT2D eigenvalue weighted by Gasteiger charge is -2.28. The number of guanidine groups is 1. The molecule has 15 heavy (non-hydrogen) atoms. The summed E-state index contributed by atoms with van der Waals surface area (Å²) in [6, 6.07) is 6.48. The Morgan fingerprint density at radius 1 is 1.47 bits per heavy atom. The van der Waals surface area contributed by atoms with Crippen LogP contribution in [0.3, 0.4) is 0 Å². The van der Waals surface area contributed by atoms with Crippen molar-refractivity contribution in [3.63, 3.8) is 0 Å². The van der Waals surface area contributed by atoms with Crippen molar-refractivity contribution in [3.05, 3.63) is 35.6 Å². The molecule has 0 radical (unpaired) electrons. The van der Waals surface area contributed by atoms with E-state index in [9.17, 15) is 4.39 Å². The first-order valence-electron chi connectivity index (χ1n) is 5.00. The highest BCUT2D eigenvalue weighted by Crippen LogP contribution is 2.28. The van der Waals surface area contributed by atoms with Gasteiger partial charge in [0.15, 0.2) is 5.96 Å². The van der Waals surface area contributed by atoms with E-state index in [2.05, 4.69) is 17.2 Å². The molecular formula is C11H14FN3. The van der Waals surface area contributed by atoms with Crippen LogP contribution in [0.15, 0.2) is 29.3 Å². The zero-order valence-corrected chi connectivity index (χ0v) is 8.63. The van der Waals surface area contributed by atoms with Crippen LogP contribution in [0.1, 0.15) is 18.9 Å². The summed E-state index contributed by atoms with van der Waals surface area (Å²) in [5.41, 5.74) is 6.39. The van der Waals surface area contributed by atoms with Crippen LogP contribution in [0, 0.1) is 5.82 Å². The lowest BCUT2D eigenvalue weighted by molar-refractivity contribution is 0.414. The summed E-state index contributed by atoms with van der Waals surface area (Å²) < 4.78 is 12.8. The predicted octanol–water partition coefficient (Wildman–Crippen LogP) is 1.35. The van der Waals surface area contributed by atoms with E-state index in [1.807, 2.05) is 0 Å². The van der Waals surface area contributed by atoms with Gasteiger partial charge in [0.1, 0.15) is 5.82 Å². The summed E-state index contributed by atoms with van der Waals surface area (Å²) in [5.74, 6) is 0.234. The number of nitrogens with zero attached hydrogens (tertiary/aromatic N) is 1. The molecule has 0 aliphatic carbocycles. The van der Waals surface area contributed by atoms with Crippen molar-refractivity contribution < 1.29 is 4.39 Å². The number of nitrogens with two attached hydrogens (primary N) is 1. The molecule has 4 heteroatoms. The summed E-state index contributed by atoms with van der Waals surface area (Å²) in [5, 5.41) is 3.16. The molecule has 0 saturated heterocycles. The first kappa shape index (κ1) is 9.96. The fraction of sp³-hybridized carbons (Fsp3) is 0.364. The highest BCUT2D eigenvalue weighted by atomic mass is 19.1. The van der Waals surface area contributed by atoms with E-state index in [-0.39, 0.29) is 11.4 Å². The fourth-order valence-electron chi connectivity index (χ4n) is 1.88. The van der Waals surface area contributed by atoms with Gasteiger partial charge in [-0.15, -0.1) is 0 Å². The van der Waals surface area contributed by atoms with Gasteiger partial charge in [0.05, 0.1) is 12.1 Å². The van der Waals surface area contributed by atoms with Crippen molar-refractivity contribution in [2.24, 2.45) is 10.7 Å². The van der Waals surface area contributed by atoms with E-state index in [1.54, 1.807) is 12.1 Å². The lowest BCUT2D eigenvalue weighted by Crippen LogP contribution is -2.44. The minimum atomic E-state index is -0.252. The molecule has 0 amide bonds. The van der Waals surface area contributed by atoms with E-state index in [1.165, 1.54) is 12.1 Å². The van der Waals surface area contributed by atoms with Crippen LogP contribution in [0.25, 0.3) is 0 Å². The van der Waals surface area contributed by atoms with Gasteiger partial charge >= 0.3 is 0 Å². The Balaban J connectivity index is 2.32. The molecule has 0 aromatic heterocycles. The molecule has 3 nitrogen and oxygen atoms in total. The smallest absolute Gasteiger partial charge is 0.189 e. The van der Waals surface area contributed by atoms with Crippen LogP contribution in [0.5, 0.6) is 0 Å². The molecule has 1 heterocycles. The molecule has 1 unspecified atom stereocenters. The standard InChI is InChI=1S/C11H14FN3/c1-2-11(7-14-10(13)15-11)8-3-5-9(12)6-4-8/h3-6H,2,7H2,1H3,(H3,13,14,15). The Morgan fingerprint density at radius 2 is 2.13 bits per heavy atom. The molecule has 1 atom stereocenters. The number of hydrogen-bond acceptors (Lipinski definition) is 3. The molecule has 2 rings (SSSR count). The molecule has 0 bridgehead atoms. The molecule has 1 aromatic rings. The Morgan fingerprint density at radius 3 is 2.60 bits per heavy atom. The van der Waals surface area contributed by atoms with Gasteiger partial charge in [0.2, 0.25) is 0 Å². The van der Waals surface area contributed by atoms with E-state index in [0.29, 0.717) is 12.5 Å². The number of halogens is 1. The second-order valence-corrected chi connectivity index (χ2v) is 3.77. The van der Waals surface area contributed by atoms with Crippen molar-refractivity contribution in [2.45, 2.75) is 18.9 Å². The Kier molecular flexibility index (Phi) is 2.34. The number of benzene rings is 1. The van der Waals surface area contributed by atoms with Gasteiger partial charge in [-0.3, -0.25) is 4.99 Å². The number of hydrogen-bond donors (Lipinski definition) is 2. The maximum atomic E-state index is 12.8. The highest BCUT2D eigenvalue weighted by molar-refractivity contribution is 5.81. The lowest BCUT2D eigenvalue weighted by atomic mass is 9.88. The van der Waals surface area contributed by atoms with Crippen molar-refractivity contribution in [2.75, 3.05) is 6.54 Å². The van der Waals surface area contributed by atoms with Gasteiger partial charge in [0.25, 0.3) is 0 Å². The average Bonchev–Trinajstić information content (AvgIpc) is 2.62. The third-order valence-electron chi connectivity index (χ3n) is 2.89. The van der Waals surface area contributed by atoms with Gasteiger partial charge in [-0.05, 0) is 24.1 Å². The fourth-order valence-corrected chi connectivity index (χ4v) is 1.88. The summed E-state index contributed by atoms with van der Waals surface area (Å²) >= 11 is 0. The molecule has 1 aliphatic heterocycles. The topological polar surface area (TPSA) is 50.4 Å². The molecular weight excluding hydrogens is 193 g/mol. The average molecular weight is 207 g/mol. The van der Waals surface area contributed by atoms with Gasteiger partial charge in [-0.2, -0.15) is 0 Å². The SMILES string of the molecule is CCC1(c2ccc(F)cc2)CN=C(N)N1. The normalized spacial score (nSPS) is 24.8. The van der Waals surface area contributed by atoms with Gasteiger partial charge in [0, 0.05) is 0 Å². The van der Waals surface area contributed by atoms with Crippen molar-refractivity contribution in [1.29, 1.82) is 0 Å².